The van der Waals surface area contributed by atoms with E-state index < -0.39 is 28.6 Å². The summed E-state index contributed by atoms with van der Waals surface area (Å²) in [6.07, 6.45) is 3.99. The van der Waals surface area contributed by atoms with Crippen LogP contribution in [0.15, 0.2) is 36.4 Å². The molecular formula is C20H28N2O5S. The van der Waals surface area contributed by atoms with Gasteiger partial charge in [0.15, 0.2) is 6.61 Å². The van der Waals surface area contributed by atoms with E-state index in [1.54, 1.807) is 4.90 Å². The molecule has 0 fully saturated rings. The lowest BCUT2D eigenvalue weighted by molar-refractivity contribution is -0.152. The number of nitrogens with zero attached hydrogens (tertiary/aromatic N) is 1. The van der Waals surface area contributed by atoms with Crippen LogP contribution in [0.2, 0.25) is 0 Å². The standard InChI is InChI=1S/C20H28N2O5S/c1-3-4-14-28(25,26)21-16(2)20(24)27-15-19(23)22-12-10-18(11-13-22)17-8-6-5-7-9-17/h5-10,16,21H,3-4,11-15H2,1-2H3/t16-/m0/s1. The van der Waals surface area contributed by atoms with Crippen molar-refractivity contribution in [3.8, 4) is 0 Å². The number of amides is 1. The lowest BCUT2D eigenvalue weighted by Gasteiger charge is -2.26. The van der Waals surface area contributed by atoms with Crippen LogP contribution in [-0.4, -0.2) is 56.7 Å². The maximum atomic E-state index is 12.3. The molecule has 1 amide bonds. The highest BCUT2D eigenvalue weighted by Gasteiger charge is 2.24. The Bertz CT molecular complexity index is 805. The highest BCUT2D eigenvalue weighted by Crippen LogP contribution is 2.21. The molecule has 0 aliphatic carbocycles. The third kappa shape index (κ3) is 6.76. The Morgan fingerprint density at radius 1 is 1.25 bits per heavy atom. The fourth-order valence-electron chi connectivity index (χ4n) is 2.87. The Morgan fingerprint density at radius 2 is 1.96 bits per heavy atom. The van der Waals surface area contributed by atoms with Crippen molar-refractivity contribution >= 4 is 27.5 Å². The number of carbonyl (C=O) groups excluding carboxylic acids is 2. The maximum Gasteiger partial charge on any atom is 0.324 e. The van der Waals surface area contributed by atoms with E-state index in [2.05, 4.69) is 4.72 Å². The van der Waals surface area contributed by atoms with E-state index in [0.29, 0.717) is 19.5 Å². The number of esters is 1. The van der Waals surface area contributed by atoms with Gasteiger partial charge in [0.2, 0.25) is 10.0 Å². The summed E-state index contributed by atoms with van der Waals surface area (Å²) in [5.41, 5.74) is 2.34. The molecule has 0 radical (unpaired) electrons. The Morgan fingerprint density at radius 3 is 2.57 bits per heavy atom. The number of sulfonamides is 1. The molecule has 2 rings (SSSR count). The Labute approximate surface area is 166 Å². The average molecular weight is 409 g/mol. The molecule has 0 aromatic heterocycles. The summed E-state index contributed by atoms with van der Waals surface area (Å²) in [7, 11) is -3.53. The summed E-state index contributed by atoms with van der Waals surface area (Å²) in [5, 5.41) is 0. The second kappa shape index (κ2) is 10.4. The number of unbranched alkanes of at least 4 members (excludes halogenated alkanes) is 1. The smallest absolute Gasteiger partial charge is 0.324 e. The van der Waals surface area contributed by atoms with Crippen molar-refractivity contribution < 1.29 is 22.7 Å². The van der Waals surface area contributed by atoms with Crippen LogP contribution in [0.1, 0.15) is 38.7 Å². The SMILES string of the molecule is CCCCS(=O)(=O)N[C@@H](C)C(=O)OCC(=O)N1CC=C(c2ccccc2)CC1. The van der Waals surface area contributed by atoms with Crippen molar-refractivity contribution in [2.24, 2.45) is 0 Å². The van der Waals surface area contributed by atoms with Gasteiger partial charge in [-0.25, -0.2) is 13.1 Å². The quantitative estimate of drug-likeness (QED) is 0.631. The first-order valence-electron chi connectivity index (χ1n) is 9.51. The van der Waals surface area contributed by atoms with Crippen LogP contribution in [0, 0.1) is 0 Å². The van der Waals surface area contributed by atoms with Crippen molar-refractivity contribution in [1.29, 1.82) is 0 Å². The van der Waals surface area contributed by atoms with E-state index in [9.17, 15) is 18.0 Å². The highest BCUT2D eigenvalue weighted by atomic mass is 32.2. The van der Waals surface area contributed by atoms with Gasteiger partial charge in [-0.2, -0.15) is 0 Å². The minimum atomic E-state index is -3.53. The van der Waals surface area contributed by atoms with Crippen molar-refractivity contribution in [2.75, 3.05) is 25.4 Å². The Hall–Kier alpha value is -2.19. The van der Waals surface area contributed by atoms with Crippen molar-refractivity contribution in [1.82, 2.24) is 9.62 Å². The second-order valence-electron chi connectivity index (χ2n) is 6.80. The van der Waals surface area contributed by atoms with Crippen molar-refractivity contribution in [3.05, 3.63) is 42.0 Å². The summed E-state index contributed by atoms with van der Waals surface area (Å²) >= 11 is 0. The lowest BCUT2D eigenvalue weighted by Crippen LogP contribution is -2.43. The van der Waals surface area contributed by atoms with Gasteiger partial charge in [-0.15, -0.1) is 0 Å². The summed E-state index contributed by atoms with van der Waals surface area (Å²) in [6.45, 7) is 3.91. The molecule has 1 N–H and O–H groups in total. The van der Waals surface area contributed by atoms with Gasteiger partial charge in [0.05, 0.1) is 5.75 Å². The third-order valence-corrected chi connectivity index (χ3v) is 6.06. The molecule has 1 aromatic carbocycles. The summed E-state index contributed by atoms with van der Waals surface area (Å²) < 4.78 is 31.0. The number of hydrogen-bond acceptors (Lipinski definition) is 5. The third-order valence-electron chi connectivity index (χ3n) is 4.52. The molecule has 1 aliphatic rings. The number of ether oxygens (including phenoxy) is 1. The molecule has 0 spiro atoms. The van der Waals surface area contributed by atoms with Gasteiger partial charge in [0, 0.05) is 13.1 Å². The number of rotatable bonds is 9. The maximum absolute atomic E-state index is 12.3. The highest BCUT2D eigenvalue weighted by molar-refractivity contribution is 7.89. The second-order valence-corrected chi connectivity index (χ2v) is 8.68. The van der Waals surface area contributed by atoms with Crippen molar-refractivity contribution in [2.45, 2.75) is 39.2 Å². The predicted octanol–water partition coefficient (Wildman–Crippen LogP) is 1.95. The molecule has 154 valence electrons. The molecule has 0 unspecified atom stereocenters. The van der Waals surface area contributed by atoms with E-state index in [-0.39, 0.29) is 11.7 Å². The lowest BCUT2D eigenvalue weighted by atomic mass is 10.00. The molecule has 0 saturated heterocycles. The largest absolute Gasteiger partial charge is 0.454 e. The van der Waals surface area contributed by atoms with Gasteiger partial charge in [-0.05, 0) is 30.9 Å². The Kier molecular flexibility index (Phi) is 8.19. The molecular weight excluding hydrogens is 380 g/mol. The van der Waals surface area contributed by atoms with Gasteiger partial charge in [-0.1, -0.05) is 49.8 Å². The van der Waals surface area contributed by atoms with Crippen LogP contribution < -0.4 is 4.72 Å². The van der Waals surface area contributed by atoms with Crippen LogP contribution in [0.3, 0.4) is 0 Å². The molecule has 1 heterocycles. The zero-order valence-corrected chi connectivity index (χ0v) is 17.2. The zero-order chi connectivity index (χ0) is 20.6. The molecule has 28 heavy (non-hydrogen) atoms. The molecule has 1 atom stereocenters. The van der Waals surface area contributed by atoms with Gasteiger partial charge in [0.25, 0.3) is 5.91 Å². The molecule has 7 nitrogen and oxygen atoms in total. The molecule has 0 saturated carbocycles. The molecule has 8 heteroatoms. The van der Waals surface area contributed by atoms with Gasteiger partial charge >= 0.3 is 5.97 Å². The summed E-state index contributed by atoms with van der Waals surface area (Å²) in [5.74, 6) is -1.09. The molecule has 1 aliphatic heterocycles. The number of benzene rings is 1. The van der Waals surface area contributed by atoms with Gasteiger partial charge in [0.1, 0.15) is 6.04 Å². The average Bonchev–Trinajstić information content (AvgIpc) is 2.70. The van der Waals surface area contributed by atoms with Gasteiger partial charge < -0.3 is 9.64 Å². The number of carbonyl (C=O) groups is 2. The molecule has 1 aromatic rings. The first-order chi connectivity index (χ1) is 13.3. The van der Waals surface area contributed by atoms with Crippen LogP contribution in [-0.2, 0) is 24.3 Å². The normalized spacial score (nSPS) is 15.6. The fourth-order valence-corrected chi connectivity index (χ4v) is 4.29. The monoisotopic (exact) mass is 408 g/mol. The van der Waals surface area contributed by atoms with E-state index in [1.165, 1.54) is 12.5 Å². The minimum Gasteiger partial charge on any atom is -0.454 e. The summed E-state index contributed by atoms with van der Waals surface area (Å²) in [6, 6.07) is 8.96. The Balaban J connectivity index is 1.79. The number of hydrogen-bond donors (Lipinski definition) is 1. The van der Waals surface area contributed by atoms with E-state index in [0.717, 1.165) is 18.4 Å². The van der Waals surface area contributed by atoms with E-state index >= 15 is 0 Å². The first-order valence-corrected chi connectivity index (χ1v) is 11.2. The summed E-state index contributed by atoms with van der Waals surface area (Å²) in [4.78, 5) is 25.9. The van der Waals surface area contributed by atoms with Crippen molar-refractivity contribution in [3.63, 3.8) is 0 Å². The minimum absolute atomic E-state index is 0.0378. The van der Waals surface area contributed by atoms with E-state index in [4.69, 9.17) is 4.74 Å². The zero-order valence-electron chi connectivity index (χ0n) is 16.4. The van der Waals surface area contributed by atoms with Crippen LogP contribution in [0.4, 0.5) is 0 Å². The van der Waals surface area contributed by atoms with E-state index in [1.807, 2.05) is 43.3 Å². The van der Waals surface area contributed by atoms with Gasteiger partial charge in [-0.3, -0.25) is 9.59 Å². The fraction of sp³-hybridized carbons (Fsp3) is 0.500. The topological polar surface area (TPSA) is 92.8 Å². The van der Waals surface area contributed by atoms with Crippen LogP contribution in [0.5, 0.6) is 0 Å². The first kappa shape index (κ1) is 22.1. The van der Waals surface area contributed by atoms with Crippen LogP contribution in [0.25, 0.3) is 5.57 Å². The van der Waals surface area contributed by atoms with Crippen LogP contribution >= 0.6 is 0 Å². The number of nitrogens with one attached hydrogen (secondary N) is 1. The molecule has 0 bridgehead atoms. The predicted molar refractivity (Wildman–Crippen MR) is 108 cm³/mol.